The van der Waals surface area contributed by atoms with E-state index in [4.69, 9.17) is 0 Å². The average molecular weight is 538 g/mol. The van der Waals surface area contributed by atoms with Crippen LogP contribution in [-0.4, -0.2) is 33.7 Å². The van der Waals surface area contributed by atoms with Gasteiger partial charge in [-0.3, -0.25) is 9.59 Å². The standard InChI is InChI=1S/C31H27N3O4S/c32-17-19-8-12-21(13-9-19)25-26(29(35)24-7-4-16-39-24)27(22-14-10-20(18-33)11-15-22)34(28(25)31(37)38)30(36)23-5-2-1-3-6-23/h4,7-16,23,25-28H,1-3,5-6H2,(H,37,38). The first-order valence-electron chi connectivity index (χ1n) is 13.1. The van der Waals surface area contributed by atoms with Gasteiger partial charge in [-0.1, -0.05) is 49.6 Å². The Balaban J connectivity index is 1.73. The van der Waals surface area contributed by atoms with Crippen LogP contribution in [0.25, 0.3) is 0 Å². The third-order valence-electron chi connectivity index (χ3n) is 8.00. The van der Waals surface area contributed by atoms with Gasteiger partial charge in [0.05, 0.1) is 40.1 Å². The van der Waals surface area contributed by atoms with Crippen molar-refractivity contribution in [2.45, 2.75) is 50.1 Å². The van der Waals surface area contributed by atoms with Crippen molar-refractivity contribution >= 4 is 29.0 Å². The summed E-state index contributed by atoms with van der Waals surface area (Å²) in [5.41, 5.74) is 2.06. The molecule has 2 aliphatic rings. The fourth-order valence-electron chi connectivity index (χ4n) is 6.20. The lowest BCUT2D eigenvalue weighted by atomic mass is 9.77. The summed E-state index contributed by atoms with van der Waals surface area (Å²) in [5.74, 6) is -3.65. The molecular weight excluding hydrogens is 510 g/mol. The van der Waals surface area contributed by atoms with Crippen molar-refractivity contribution in [1.29, 1.82) is 10.5 Å². The molecule has 1 aliphatic carbocycles. The number of rotatable bonds is 6. The number of carbonyl (C=O) groups is 3. The molecule has 1 amide bonds. The number of benzene rings is 2. The number of nitrogens with zero attached hydrogens (tertiary/aromatic N) is 3. The highest BCUT2D eigenvalue weighted by atomic mass is 32.1. The van der Waals surface area contributed by atoms with Crippen LogP contribution in [-0.2, 0) is 9.59 Å². The molecule has 2 fully saturated rings. The molecule has 1 aliphatic heterocycles. The Morgan fingerprint density at radius 3 is 1.95 bits per heavy atom. The molecule has 4 atom stereocenters. The lowest BCUT2D eigenvalue weighted by molar-refractivity contribution is -0.152. The van der Waals surface area contributed by atoms with Gasteiger partial charge in [-0.2, -0.15) is 10.5 Å². The predicted molar refractivity (Wildman–Crippen MR) is 145 cm³/mol. The van der Waals surface area contributed by atoms with Crippen LogP contribution in [0.4, 0.5) is 0 Å². The molecule has 2 heterocycles. The number of carboxylic acids is 1. The number of ketones is 1. The van der Waals surface area contributed by atoms with Crippen molar-refractivity contribution in [3.63, 3.8) is 0 Å². The molecular formula is C31H27N3O4S. The van der Waals surface area contributed by atoms with Crippen LogP contribution >= 0.6 is 11.3 Å². The number of hydrogen-bond acceptors (Lipinski definition) is 6. The average Bonchev–Trinajstić information content (AvgIpc) is 3.64. The van der Waals surface area contributed by atoms with Crippen LogP contribution in [0.2, 0.25) is 0 Å². The quantitative estimate of drug-likeness (QED) is 0.403. The van der Waals surface area contributed by atoms with E-state index in [9.17, 15) is 30.0 Å². The van der Waals surface area contributed by atoms with Gasteiger partial charge in [0.25, 0.3) is 0 Å². The molecule has 39 heavy (non-hydrogen) atoms. The second-order valence-electron chi connectivity index (χ2n) is 10.2. The fourth-order valence-corrected chi connectivity index (χ4v) is 6.91. The van der Waals surface area contributed by atoms with Gasteiger partial charge in [-0.05, 0) is 59.7 Å². The van der Waals surface area contributed by atoms with Gasteiger partial charge in [0.15, 0.2) is 5.78 Å². The predicted octanol–water partition coefficient (Wildman–Crippen LogP) is 5.69. The summed E-state index contributed by atoms with van der Waals surface area (Å²) in [5, 5.41) is 31.1. The molecule has 1 saturated heterocycles. The molecule has 8 heteroatoms. The lowest BCUT2D eigenvalue weighted by Gasteiger charge is -2.34. The highest BCUT2D eigenvalue weighted by Gasteiger charge is 2.58. The Hall–Kier alpha value is -4.27. The zero-order valence-corrected chi connectivity index (χ0v) is 22.0. The Morgan fingerprint density at radius 2 is 1.44 bits per heavy atom. The summed E-state index contributed by atoms with van der Waals surface area (Å²) < 4.78 is 0. The zero-order valence-electron chi connectivity index (χ0n) is 21.2. The number of thiophene rings is 1. The van der Waals surface area contributed by atoms with Crippen LogP contribution in [0.5, 0.6) is 0 Å². The summed E-state index contributed by atoms with van der Waals surface area (Å²) in [6.45, 7) is 0. The van der Waals surface area contributed by atoms with E-state index < -0.39 is 29.9 Å². The van der Waals surface area contributed by atoms with Crippen LogP contribution in [0.3, 0.4) is 0 Å². The molecule has 1 saturated carbocycles. The minimum absolute atomic E-state index is 0.223. The normalized spacial score (nSPS) is 23.1. The second-order valence-corrected chi connectivity index (χ2v) is 11.1. The molecule has 2 aromatic carbocycles. The fraction of sp³-hybridized carbons (Fsp3) is 0.323. The van der Waals surface area contributed by atoms with Crippen molar-refractivity contribution in [3.8, 4) is 12.1 Å². The molecule has 3 aromatic rings. The Labute approximate surface area is 230 Å². The maximum atomic E-state index is 14.2. The van der Waals surface area contributed by atoms with Gasteiger partial charge in [0.1, 0.15) is 6.04 Å². The van der Waals surface area contributed by atoms with E-state index in [1.807, 2.05) is 0 Å². The number of nitriles is 2. The van der Waals surface area contributed by atoms with Crippen molar-refractivity contribution in [2.75, 3.05) is 0 Å². The number of Topliss-reactive ketones (excluding diaryl/α,β-unsaturated/α-hetero) is 1. The summed E-state index contributed by atoms with van der Waals surface area (Å²) in [4.78, 5) is 43.4. The molecule has 0 radical (unpaired) electrons. The van der Waals surface area contributed by atoms with Gasteiger partial charge in [-0.25, -0.2) is 4.79 Å². The van der Waals surface area contributed by atoms with E-state index in [1.54, 1.807) is 66.0 Å². The van der Waals surface area contributed by atoms with Gasteiger partial charge in [0.2, 0.25) is 5.91 Å². The summed E-state index contributed by atoms with van der Waals surface area (Å²) in [6.07, 6.45) is 4.22. The molecule has 5 rings (SSSR count). The Bertz CT molecular complexity index is 1450. The molecule has 1 N–H and O–H groups in total. The molecule has 7 nitrogen and oxygen atoms in total. The van der Waals surface area contributed by atoms with Gasteiger partial charge in [-0.15, -0.1) is 11.3 Å². The highest BCUT2D eigenvalue weighted by Crippen LogP contribution is 2.52. The number of aliphatic carboxylic acids is 1. The van der Waals surface area contributed by atoms with E-state index in [0.717, 1.165) is 19.3 Å². The molecule has 196 valence electrons. The number of likely N-dealkylation sites (tertiary alicyclic amines) is 1. The largest absolute Gasteiger partial charge is 0.480 e. The number of hydrogen-bond donors (Lipinski definition) is 1. The second kappa shape index (κ2) is 11.2. The van der Waals surface area contributed by atoms with E-state index in [0.29, 0.717) is 40.0 Å². The maximum Gasteiger partial charge on any atom is 0.327 e. The van der Waals surface area contributed by atoms with Crippen LogP contribution in [0.15, 0.2) is 66.0 Å². The highest BCUT2D eigenvalue weighted by molar-refractivity contribution is 7.12. The Morgan fingerprint density at radius 1 is 0.846 bits per heavy atom. The minimum atomic E-state index is -1.28. The van der Waals surface area contributed by atoms with E-state index in [1.165, 1.54) is 16.2 Å². The number of amides is 1. The first kappa shape index (κ1) is 26.3. The van der Waals surface area contributed by atoms with E-state index >= 15 is 0 Å². The van der Waals surface area contributed by atoms with E-state index in [2.05, 4.69) is 12.1 Å². The van der Waals surface area contributed by atoms with Gasteiger partial charge in [0, 0.05) is 11.8 Å². The number of carbonyl (C=O) groups excluding carboxylic acids is 2. The van der Waals surface area contributed by atoms with Crippen LogP contribution in [0, 0.1) is 34.5 Å². The molecule has 1 aromatic heterocycles. The van der Waals surface area contributed by atoms with Crippen molar-refractivity contribution in [3.05, 3.63) is 93.2 Å². The Kier molecular flexibility index (Phi) is 7.58. The molecule has 0 bridgehead atoms. The topological polar surface area (TPSA) is 122 Å². The maximum absolute atomic E-state index is 14.2. The molecule has 0 spiro atoms. The first-order chi connectivity index (χ1) is 18.9. The zero-order chi connectivity index (χ0) is 27.5. The number of carboxylic acid groups (broad SMARTS) is 1. The SMILES string of the molecule is N#Cc1ccc(C2C(C(=O)c3cccs3)C(c3ccc(C#N)cc3)N(C(=O)C3CCCCC3)C2C(=O)O)cc1. The van der Waals surface area contributed by atoms with Crippen LogP contribution < -0.4 is 0 Å². The minimum Gasteiger partial charge on any atom is -0.480 e. The third kappa shape index (κ3) is 4.96. The smallest absolute Gasteiger partial charge is 0.327 e. The van der Waals surface area contributed by atoms with Gasteiger partial charge >= 0.3 is 5.97 Å². The summed E-state index contributed by atoms with van der Waals surface area (Å²) >= 11 is 1.29. The van der Waals surface area contributed by atoms with Crippen LogP contribution in [0.1, 0.15) is 76.0 Å². The van der Waals surface area contributed by atoms with Gasteiger partial charge < -0.3 is 10.0 Å². The third-order valence-corrected chi connectivity index (χ3v) is 8.89. The van der Waals surface area contributed by atoms with Crippen molar-refractivity contribution < 1.29 is 19.5 Å². The first-order valence-corrected chi connectivity index (χ1v) is 14.0. The lowest BCUT2D eigenvalue weighted by Crippen LogP contribution is -2.46. The van der Waals surface area contributed by atoms with Crippen molar-refractivity contribution in [1.82, 2.24) is 4.90 Å². The molecule has 4 unspecified atom stereocenters. The summed E-state index contributed by atoms with van der Waals surface area (Å²) in [7, 11) is 0. The van der Waals surface area contributed by atoms with Crippen molar-refractivity contribution in [2.24, 2.45) is 11.8 Å². The summed E-state index contributed by atoms with van der Waals surface area (Å²) in [6, 6.07) is 18.9. The van der Waals surface area contributed by atoms with E-state index in [-0.39, 0.29) is 17.6 Å². The monoisotopic (exact) mass is 537 g/mol.